The molecule has 0 heterocycles. The number of rotatable bonds is 4. The number of carbonyl (C=O) groups is 1. The molecule has 0 aromatic carbocycles. The molecule has 0 aliphatic heterocycles. The Morgan fingerprint density at radius 3 is 2.64 bits per heavy atom. The van der Waals surface area contributed by atoms with Crippen molar-refractivity contribution in [1.29, 1.82) is 0 Å². The number of likely N-dealkylation sites (N-methyl/N-ethyl adjacent to an activating group) is 1. The van der Waals surface area contributed by atoms with Crippen LogP contribution in [0.4, 0.5) is 0 Å². The van der Waals surface area contributed by atoms with Crippen molar-refractivity contribution in [1.82, 2.24) is 10.2 Å². The molecule has 1 atom stereocenters. The third kappa shape index (κ3) is 5.61. The SMILES string of the molecule is C=CC(=O)NC(C)CN(C)C. The van der Waals surface area contributed by atoms with Crippen LogP contribution >= 0.6 is 0 Å². The molecular weight excluding hydrogens is 140 g/mol. The van der Waals surface area contributed by atoms with Gasteiger partial charge < -0.3 is 10.2 Å². The molecule has 64 valence electrons. The fraction of sp³-hybridized carbons (Fsp3) is 0.625. The summed E-state index contributed by atoms with van der Waals surface area (Å²) in [7, 11) is 3.94. The van der Waals surface area contributed by atoms with E-state index in [9.17, 15) is 4.79 Å². The summed E-state index contributed by atoms with van der Waals surface area (Å²) in [6, 6.07) is 0.176. The van der Waals surface area contributed by atoms with Gasteiger partial charge in [0, 0.05) is 12.6 Å². The van der Waals surface area contributed by atoms with Crippen molar-refractivity contribution in [3.05, 3.63) is 12.7 Å². The molecule has 0 radical (unpaired) electrons. The van der Waals surface area contributed by atoms with Crippen molar-refractivity contribution in [2.24, 2.45) is 0 Å². The lowest BCUT2D eigenvalue weighted by atomic mass is 10.3. The molecule has 0 rings (SSSR count). The van der Waals surface area contributed by atoms with Crippen LogP contribution in [0.25, 0.3) is 0 Å². The van der Waals surface area contributed by atoms with Crippen LogP contribution in [0.5, 0.6) is 0 Å². The minimum atomic E-state index is -0.112. The molecule has 1 N–H and O–H groups in total. The number of nitrogens with one attached hydrogen (secondary N) is 1. The Bertz CT molecular complexity index is 143. The van der Waals surface area contributed by atoms with Crippen LogP contribution < -0.4 is 5.32 Å². The van der Waals surface area contributed by atoms with Crippen LogP contribution in [0.15, 0.2) is 12.7 Å². The summed E-state index contributed by atoms with van der Waals surface area (Å²) >= 11 is 0. The van der Waals surface area contributed by atoms with Gasteiger partial charge in [-0.25, -0.2) is 0 Å². The number of amides is 1. The maximum atomic E-state index is 10.8. The standard InChI is InChI=1S/C8H16N2O/c1-5-8(11)9-7(2)6-10(3)4/h5,7H,1,6H2,2-4H3,(H,9,11). The lowest BCUT2D eigenvalue weighted by Gasteiger charge is -2.16. The highest BCUT2D eigenvalue weighted by Gasteiger charge is 2.03. The van der Waals surface area contributed by atoms with E-state index in [0.29, 0.717) is 0 Å². The zero-order chi connectivity index (χ0) is 8.85. The van der Waals surface area contributed by atoms with E-state index in [1.54, 1.807) is 0 Å². The third-order valence-electron chi connectivity index (χ3n) is 1.21. The Balaban J connectivity index is 3.59. The van der Waals surface area contributed by atoms with Crippen molar-refractivity contribution in [3.63, 3.8) is 0 Å². The molecule has 0 aliphatic rings. The summed E-state index contributed by atoms with van der Waals surface area (Å²) in [5.74, 6) is -0.112. The zero-order valence-corrected chi connectivity index (χ0v) is 7.42. The normalized spacial score (nSPS) is 12.7. The second kappa shape index (κ2) is 4.91. The van der Waals surface area contributed by atoms with Gasteiger partial charge in [-0.3, -0.25) is 4.79 Å². The predicted molar refractivity (Wildman–Crippen MR) is 46.4 cm³/mol. The number of carbonyl (C=O) groups excluding carboxylic acids is 1. The molecule has 0 bridgehead atoms. The van der Waals surface area contributed by atoms with Crippen LogP contribution in [0.3, 0.4) is 0 Å². The maximum absolute atomic E-state index is 10.8. The Kier molecular flexibility index (Phi) is 4.54. The summed E-state index contributed by atoms with van der Waals surface area (Å²) < 4.78 is 0. The molecule has 1 amide bonds. The number of nitrogens with zero attached hydrogens (tertiary/aromatic N) is 1. The van der Waals surface area contributed by atoms with E-state index < -0.39 is 0 Å². The van der Waals surface area contributed by atoms with Gasteiger partial charge in [0.1, 0.15) is 0 Å². The molecule has 3 nitrogen and oxygen atoms in total. The predicted octanol–water partition coefficient (Wildman–Crippen LogP) is 0.239. The average molecular weight is 156 g/mol. The van der Waals surface area contributed by atoms with Crippen LogP contribution in [0.1, 0.15) is 6.92 Å². The van der Waals surface area contributed by atoms with Gasteiger partial charge in [-0.15, -0.1) is 0 Å². The molecule has 0 saturated heterocycles. The van der Waals surface area contributed by atoms with Crippen molar-refractivity contribution < 1.29 is 4.79 Å². The number of hydrogen-bond donors (Lipinski definition) is 1. The van der Waals surface area contributed by atoms with Gasteiger partial charge in [0.25, 0.3) is 0 Å². The molecule has 1 unspecified atom stereocenters. The van der Waals surface area contributed by atoms with Gasteiger partial charge in [-0.05, 0) is 27.1 Å². The van der Waals surface area contributed by atoms with E-state index in [1.807, 2.05) is 25.9 Å². The average Bonchev–Trinajstić information content (AvgIpc) is 1.85. The summed E-state index contributed by atoms with van der Waals surface area (Å²) in [5.41, 5.74) is 0. The highest BCUT2D eigenvalue weighted by molar-refractivity contribution is 5.87. The van der Waals surface area contributed by atoms with E-state index >= 15 is 0 Å². The minimum absolute atomic E-state index is 0.112. The first kappa shape index (κ1) is 10.2. The quantitative estimate of drug-likeness (QED) is 0.591. The minimum Gasteiger partial charge on any atom is -0.349 e. The van der Waals surface area contributed by atoms with E-state index in [4.69, 9.17) is 0 Å². The Morgan fingerprint density at radius 1 is 1.73 bits per heavy atom. The van der Waals surface area contributed by atoms with Crippen molar-refractivity contribution in [3.8, 4) is 0 Å². The summed E-state index contributed by atoms with van der Waals surface area (Å²) in [6.07, 6.45) is 1.28. The Morgan fingerprint density at radius 2 is 2.27 bits per heavy atom. The summed E-state index contributed by atoms with van der Waals surface area (Å²) in [5, 5.41) is 2.76. The largest absolute Gasteiger partial charge is 0.349 e. The fourth-order valence-corrected chi connectivity index (χ4v) is 0.895. The second-order valence-corrected chi connectivity index (χ2v) is 2.88. The van der Waals surface area contributed by atoms with E-state index in [0.717, 1.165) is 6.54 Å². The number of hydrogen-bond acceptors (Lipinski definition) is 2. The molecular formula is C8H16N2O. The monoisotopic (exact) mass is 156 g/mol. The van der Waals surface area contributed by atoms with Gasteiger partial charge in [0.2, 0.25) is 5.91 Å². The van der Waals surface area contributed by atoms with Gasteiger partial charge in [0.05, 0.1) is 0 Å². The molecule has 0 saturated carbocycles. The van der Waals surface area contributed by atoms with Crippen molar-refractivity contribution in [2.75, 3.05) is 20.6 Å². The van der Waals surface area contributed by atoms with Gasteiger partial charge in [0.15, 0.2) is 0 Å². The zero-order valence-electron chi connectivity index (χ0n) is 7.42. The van der Waals surface area contributed by atoms with E-state index in [1.165, 1.54) is 6.08 Å². The van der Waals surface area contributed by atoms with Crippen molar-refractivity contribution >= 4 is 5.91 Å². The molecule has 0 spiro atoms. The molecule has 3 heteroatoms. The highest BCUT2D eigenvalue weighted by atomic mass is 16.1. The van der Waals surface area contributed by atoms with Gasteiger partial charge in [-0.1, -0.05) is 6.58 Å². The summed E-state index contributed by atoms with van der Waals surface area (Å²) in [4.78, 5) is 12.8. The molecule has 0 aromatic rings. The smallest absolute Gasteiger partial charge is 0.243 e. The highest BCUT2D eigenvalue weighted by Crippen LogP contribution is 1.84. The maximum Gasteiger partial charge on any atom is 0.243 e. The Labute approximate surface area is 68.1 Å². The fourth-order valence-electron chi connectivity index (χ4n) is 0.895. The first-order chi connectivity index (χ1) is 5.06. The lowest BCUT2D eigenvalue weighted by molar-refractivity contribution is -0.117. The molecule has 0 aromatic heterocycles. The molecule has 0 fully saturated rings. The van der Waals surface area contributed by atoms with Crippen LogP contribution in [-0.4, -0.2) is 37.5 Å². The lowest BCUT2D eigenvalue weighted by Crippen LogP contribution is -2.38. The van der Waals surface area contributed by atoms with E-state index in [-0.39, 0.29) is 11.9 Å². The summed E-state index contributed by atoms with van der Waals surface area (Å²) in [6.45, 7) is 6.17. The third-order valence-corrected chi connectivity index (χ3v) is 1.21. The second-order valence-electron chi connectivity index (χ2n) is 2.88. The van der Waals surface area contributed by atoms with Crippen LogP contribution in [0.2, 0.25) is 0 Å². The van der Waals surface area contributed by atoms with Crippen molar-refractivity contribution in [2.45, 2.75) is 13.0 Å². The van der Waals surface area contributed by atoms with Gasteiger partial charge in [-0.2, -0.15) is 0 Å². The van der Waals surface area contributed by atoms with E-state index in [2.05, 4.69) is 11.9 Å². The van der Waals surface area contributed by atoms with Crippen LogP contribution in [-0.2, 0) is 4.79 Å². The topological polar surface area (TPSA) is 32.3 Å². The molecule has 0 aliphatic carbocycles. The molecule has 11 heavy (non-hydrogen) atoms. The van der Waals surface area contributed by atoms with Gasteiger partial charge >= 0.3 is 0 Å². The van der Waals surface area contributed by atoms with Crippen LogP contribution in [0, 0.1) is 0 Å². The first-order valence-corrected chi connectivity index (χ1v) is 3.64. The Hall–Kier alpha value is -0.830. The first-order valence-electron chi connectivity index (χ1n) is 3.64.